The third kappa shape index (κ3) is 5.74. The molecule has 0 bridgehead atoms. The predicted molar refractivity (Wildman–Crippen MR) is 133 cm³/mol. The van der Waals surface area contributed by atoms with Crippen molar-refractivity contribution >= 4 is 74.0 Å². The first-order chi connectivity index (χ1) is 15.8. The number of amides is 3. The summed E-state index contributed by atoms with van der Waals surface area (Å²) in [7, 11) is 0. The molecule has 10 heteroatoms. The first-order valence-corrected chi connectivity index (χ1v) is 12.6. The van der Waals surface area contributed by atoms with E-state index in [1.54, 1.807) is 47.4 Å². The van der Waals surface area contributed by atoms with Gasteiger partial charge in [0.25, 0.3) is 11.1 Å². The van der Waals surface area contributed by atoms with Crippen molar-refractivity contribution in [2.45, 2.75) is 19.4 Å². The number of hydrogen-bond acceptors (Lipinski definition) is 5. The van der Waals surface area contributed by atoms with Gasteiger partial charge in [-0.15, -0.1) is 0 Å². The molecule has 0 radical (unpaired) electrons. The standard InChI is InChI=1S/C23H19BrCl2N2O4S/c24-17-9-14(3-6-19(17)32-13-15-4-5-16(25)11-18(15)26)10-20-22(30)28(23(31)33-20)12-21(29)27-7-1-2-8-27/h3-6,9-11H,1-2,7-8,12-13H2/b20-10+. The molecular weight excluding hydrogens is 551 g/mol. The number of ether oxygens (including phenoxy) is 1. The summed E-state index contributed by atoms with van der Waals surface area (Å²) in [5.41, 5.74) is 1.52. The number of likely N-dealkylation sites (tertiary alicyclic amines) is 1. The summed E-state index contributed by atoms with van der Waals surface area (Å²) in [6, 6.07) is 10.6. The van der Waals surface area contributed by atoms with Crippen LogP contribution in [0.2, 0.25) is 10.0 Å². The van der Waals surface area contributed by atoms with Gasteiger partial charge in [0.05, 0.1) is 9.38 Å². The van der Waals surface area contributed by atoms with Crippen molar-refractivity contribution in [3.63, 3.8) is 0 Å². The smallest absolute Gasteiger partial charge is 0.294 e. The molecule has 2 aliphatic heterocycles. The molecule has 6 nitrogen and oxygen atoms in total. The van der Waals surface area contributed by atoms with Crippen LogP contribution in [0.4, 0.5) is 4.79 Å². The van der Waals surface area contributed by atoms with E-state index in [2.05, 4.69) is 15.9 Å². The molecule has 2 fully saturated rings. The maximum absolute atomic E-state index is 12.7. The molecule has 2 aliphatic rings. The zero-order valence-electron chi connectivity index (χ0n) is 17.4. The molecule has 0 N–H and O–H groups in total. The van der Waals surface area contributed by atoms with Crippen molar-refractivity contribution in [2.24, 2.45) is 0 Å². The highest BCUT2D eigenvalue weighted by atomic mass is 79.9. The summed E-state index contributed by atoms with van der Waals surface area (Å²) in [4.78, 5) is 40.4. The minimum atomic E-state index is -0.452. The highest BCUT2D eigenvalue weighted by Crippen LogP contribution is 2.34. The number of hydrogen-bond donors (Lipinski definition) is 0. The second-order valence-corrected chi connectivity index (χ2v) is 10.3. The molecule has 0 aromatic heterocycles. The zero-order valence-corrected chi connectivity index (χ0v) is 21.3. The largest absolute Gasteiger partial charge is 0.488 e. The monoisotopic (exact) mass is 568 g/mol. The predicted octanol–water partition coefficient (Wildman–Crippen LogP) is 5.99. The van der Waals surface area contributed by atoms with E-state index in [1.165, 1.54) is 0 Å². The van der Waals surface area contributed by atoms with Crippen molar-refractivity contribution < 1.29 is 19.1 Å². The van der Waals surface area contributed by atoms with Crippen molar-refractivity contribution in [1.29, 1.82) is 0 Å². The van der Waals surface area contributed by atoms with E-state index in [1.807, 2.05) is 0 Å². The minimum Gasteiger partial charge on any atom is -0.488 e. The lowest BCUT2D eigenvalue weighted by molar-refractivity contribution is -0.135. The summed E-state index contributed by atoms with van der Waals surface area (Å²) in [6.45, 7) is 1.40. The summed E-state index contributed by atoms with van der Waals surface area (Å²) in [5.74, 6) is -0.0463. The lowest BCUT2D eigenvalue weighted by Gasteiger charge is -2.18. The highest BCUT2D eigenvalue weighted by Gasteiger charge is 2.37. The van der Waals surface area contributed by atoms with E-state index in [-0.39, 0.29) is 24.0 Å². The second kappa shape index (κ2) is 10.5. The van der Waals surface area contributed by atoms with E-state index in [0.717, 1.165) is 40.6 Å². The fraction of sp³-hybridized carbons (Fsp3) is 0.261. The van der Waals surface area contributed by atoms with Crippen LogP contribution in [-0.4, -0.2) is 46.5 Å². The fourth-order valence-electron chi connectivity index (χ4n) is 3.51. The molecule has 33 heavy (non-hydrogen) atoms. The number of rotatable bonds is 6. The van der Waals surface area contributed by atoms with Gasteiger partial charge in [-0.3, -0.25) is 19.3 Å². The number of benzene rings is 2. The molecule has 2 aromatic carbocycles. The van der Waals surface area contributed by atoms with Crippen LogP contribution < -0.4 is 4.74 Å². The fourth-order valence-corrected chi connectivity index (χ4v) is 5.32. The maximum Gasteiger partial charge on any atom is 0.294 e. The zero-order chi connectivity index (χ0) is 23.5. The number of carbonyl (C=O) groups excluding carboxylic acids is 3. The van der Waals surface area contributed by atoms with Crippen molar-refractivity contribution in [3.05, 3.63) is 66.9 Å². The Bertz CT molecular complexity index is 1150. The van der Waals surface area contributed by atoms with E-state index in [9.17, 15) is 14.4 Å². The Hall–Kier alpha value is -2.00. The summed E-state index contributed by atoms with van der Waals surface area (Å²) in [5, 5.41) is 0.644. The molecule has 0 aliphatic carbocycles. The van der Waals surface area contributed by atoms with Gasteiger partial charge in [-0.25, -0.2) is 0 Å². The Morgan fingerprint density at radius 2 is 1.88 bits per heavy atom. The van der Waals surface area contributed by atoms with Crippen LogP contribution in [0.15, 0.2) is 45.8 Å². The van der Waals surface area contributed by atoms with Crippen LogP contribution in [0.3, 0.4) is 0 Å². The van der Waals surface area contributed by atoms with E-state index < -0.39 is 11.1 Å². The SMILES string of the molecule is O=C(CN1C(=O)S/C(=C/c2ccc(OCc3ccc(Cl)cc3Cl)c(Br)c2)C1=O)N1CCCC1. The molecule has 4 rings (SSSR count). The molecule has 2 aromatic rings. The summed E-state index contributed by atoms with van der Waals surface area (Å²) >= 11 is 16.4. The molecule has 2 heterocycles. The quantitative estimate of drug-likeness (QED) is 0.399. The van der Waals surface area contributed by atoms with Crippen molar-refractivity contribution in [3.8, 4) is 5.75 Å². The third-order valence-corrected chi connectivity index (χ3v) is 7.39. The van der Waals surface area contributed by atoms with Crippen LogP contribution in [-0.2, 0) is 16.2 Å². The summed E-state index contributed by atoms with van der Waals surface area (Å²) < 4.78 is 6.53. The van der Waals surface area contributed by atoms with Gasteiger partial charge in [-0.05, 0) is 76.4 Å². The molecule has 0 atom stereocenters. The number of halogens is 3. The molecule has 172 valence electrons. The first-order valence-electron chi connectivity index (χ1n) is 10.2. The Labute approximate surface area is 214 Å². The van der Waals surface area contributed by atoms with E-state index in [4.69, 9.17) is 27.9 Å². The van der Waals surface area contributed by atoms with Crippen molar-refractivity contribution in [1.82, 2.24) is 9.80 Å². The van der Waals surface area contributed by atoms with Crippen LogP contribution in [0.1, 0.15) is 24.0 Å². The summed E-state index contributed by atoms with van der Waals surface area (Å²) in [6.07, 6.45) is 3.54. The third-order valence-electron chi connectivity index (χ3n) is 5.28. The van der Waals surface area contributed by atoms with Gasteiger partial charge in [0.2, 0.25) is 5.91 Å². The van der Waals surface area contributed by atoms with Gasteiger partial charge < -0.3 is 9.64 Å². The molecule has 2 saturated heterocycles. The lowest BCUT2D eigenvalue weighted by Crippen LogP contribution is -2.40. The topological polar surface area (TPSA) is 66.9 Å². The number of carbonyl (C=O) groups is 3. The van der Waals surface area contributed by atoms with Gasteiger partial charge in [-0.1, -0.05) is 35.3 Å². The van der Waals surface area contributed by atoms with Crippen molar-refractivity contribution in [2.75, 3.05) is 19.6 Å². The van der Waals surface area contributed by atoms with Gasteiger partial charge >= 0.3 is 0 Å². The first kappa shape index (κ1) is 24.1. The maximum atomic E-state index is 12.7. The molecule has 0 saturated carbocycles. The molecule has 3 amide bonds. The lowest BCUT2D eigenvalue weighted by atomic mass is 10.2. The van der Waals surface area contributed by atoms with Gasteiger partial charge in [0.1, 0.15) is 18.9 Å². The Morgan fingerprint density at radius 1 is 1.12 bits per heavy atom. The minimum absolute atomic E-state index is 0.193. The van der Waals surface area contributed by atoms with E-state index >= 15 is 0 Å². The van der Waals surface area contributed by atoms with Gasteiger partial charge in [0.15, 0.2) is 0 Å². The Morgan fingerprint density at radius 3 is 2.58 bits per heavy atom. The van der Waals surface area contributed by atoms with E-state index in [0.29, 0.717) is 33.4 Å². The highest BCUT2D eigenvalue weighted by molar-refractivity contribution is 9.10. The van der Waals surface area contributed by atoms with Gasteiger partial charge in [-0.2, -0.15) is 0 Å². The average Bonchev–Trinajstić information content (AvgIpc) is 3.39. The molecular formula is C23H19BrCl2N2O4S. The Balaban J connectivity index is 1.42. The average molecular weight is 570 g/mol. The number of nitrogens with zero attached hydrogens (tertiary/aromatic N) is 2. The number of imide groups is 1. The van der Waals surface area contributed by atoms with Crippen LogP contribution in [0.25, 0.3) is 6.08 Å². The Kier molecular flexibility index (Phi) is 7.69. The van der Waals surface area contributed by atoms with Crippen LogP contribution >= 0.6 is 50.9 Å². The second-order valence-electron chi connectivity index (χ2n) is 7.57. The van der Waals surface area contributed by atoms with Crippen LogP contribution in [0, 0.1) is 0 Å². The normalized spacial score (nSPS) is 17.4. The van der Waals surface area contributed by atoms with Gasteiger partial charge in [0, 0.05) is 28.7 Å². The number of thioether (sulfide) groups is 1. The van der Waals surface area contributed by atoms with Crippen LogP contribution in [0.5, 0.6) is 5.75 Å². The molecule has 0 unspecified atom stereocenters. The molecule has 0 spiro atoms.